The van der Waals surface area contributed by atoms with Gasteiger partial charge in [0.15, 0.2) is 0 Å². The highest BCUT2D eigenvalue weighted by molar-refractivity contribution is 6.09. The van der Waals surface area contributed by atoms with Gasteiger partial charge in [-0.2, -0.15) is 0 Å². The van der Waals surface area contributed by atoms with Crippen LogP contribution in [0.25, 0.3) is 88.6 Å². The van der Waals surface area contributed by atoms with Crippen molar-refractivity contribution in [3.63, 3.8) is 0 Å². The van der Waals surface area contributed by atoms with Crippen LogP contribution in [0.15, 0.2) is 155 Å². The second-order valence-corrected chi connectivity index (χ2v) is 11.1. The molecule has 0 radical (unpaired) electrons. The Kier molecular flexibility index (Phi) is 5.47. The Labute approximate surface area is 252 Å². The number of nitrogens with zero attached hydrogens (tertiary/aromatic N) is 2. The summed E-state index contributed by atoms with van der Waals surface area (Å²) in [4.78, 5) is 9.07. The van der Waals surface area contributed by atoms with Crippen molar-refractivity contribution in [2.24, 2.45) is 0 Å². The zero-order valence-corrected chi connectivity index (χ0v) is 23.6. The van der Waals surface area contributed by atoms with Crippen molar-refractivity contribution in [3.8, 4) is 44.8 Å². The lowest BCUT2D eigenvalue weighted by atomic mass is 9.96. The summed E-state index contributed by atoms with van der Waals surface area (Å²) in [7, 11) is 0. The van der Waals surface area contributed by atoms with Gasteiger partial charge >= 0.3 is 0 Å². The Hall–Kier alpha value is -6.00. The van der Waals surface area contributed by atoms with Crippen molar-refractivity contribution in [2.75, 3.05) is 0 Å². The molecule has 4 nitrogen and oxygen atoms in total. The molecule has 44 heavy (non-hydrogen) atoms. The Morgan fingerprint density at radius 2 is 0.705 bits per heavy atom. The predicted molar refractivity (Wildman–Crippen MR) is 178 cm³/mol. The normalized spacial score (nSPS) is 11.6. The number of fused-ring (bicyclic) bond motifs is 6. The monoisotopic (exact) mass is 564 g/mol. The Bertz CT molecular complexity index is 2320. The van der Waals surface area contributed by atoms with Crippen LogP contribution in [0.5, 0.6) is 0 Å². The lowest BCUT2D eigenvalue weighted by molar-refractivity contribution is 0.668. The van der Waals surface area contributed by atoms with Crippen LogP contribution in [-0.2, 0) is 0 Å². The number of rotatable bonds is 4. The molecule has 0 N–H and O–H groups in total. The molecular weight excluding hydrogens is 540 g/mol. The minimum atomic E-state index is 0.873. The molecule has 4 heterocycles. The van der Waals surface area contributed by atoms with Crippen molar-refractivity contribution in [3.05, 3.63) is 146 Å². The minimum Gasteiger partial charge on any atom is -0.456 e. The van der Waals surface area contributed by atoms with Crippen LogP contribution in [0, 0.1) is 0 Å². The van der Waals surface area contributed by atoms with Gasteiger partial charge in [0, 0.05) is 45.1 Å². The maximum atomic E-state index is 6.20. The molecule has 0 saturated carbocycles. The molecular formula is C40H24N2O2. The van der Waals surface area contributed by atoms with Crippen molar-refractivity contribution < 1.29 is 8.83 Å². The second kappa shape index (κ2) is 9.79. The van der Waals surface area contributed by atoms with Crippen molar-refractivity contribution >= 4 is 43.9 Å². The summed E-state index contributed by atoms with van der Waals surface area (Å²) in [6.45, 7) is 0. The number of benzene rings is 5. The average molecular weight is 565 g/mol. The summed E-state index contributed by atoms with van der Waals surface area (Å²) in [6.07, 6.45) is 3.65. The smallest absolute Gasteiger partial charge is 0.135 e. The molecule has 4 aromatic heterocycles. The molecule has 0 spiro atoms. The van der Waals surface area contributed by atoms with E-state index in [9.17, 15) is 0 Å². The number of hydrogen-bond donors (Lipinski definition) is 0. The molecule has 0 aliphatic rings. The van der Waals surface area contributed by atoms with Gasteiger partial charge in [0.2, 0.25) is 0 Å². The van der Waals surface area contributed by atoms with Crippen LogP contribution in [0.2, 0.25) is 0 Å². The van der Waals surface area contributed by atoms with E-state index in [0.717, 1.165) is 88.6 Å². The molecule has 0 amide bonds. The van der Waals surface area contributed by atoms with Crippen molar-refractivity contribution in [2.45, 2.75) is 0 Å². The quantitative estimate of drug-likeness (QED) is 0.213. The Balaban J connectivity index is 1.12. The molecule has 0 atom stereocenters. The molecule has 0 unspecified atom stereocenters. The van der Waals surface area contributed by atoms with Crippen LogP contribution in [0.4, 0.5) is 0 Å². The number of aromatic nitrogens is 2. The van der Waals surface area contributed by atoms with Gasteiger partial charge in [-0.1, -0.05) is 42.5 Å². The summed E-state index contributed by atoms with van der Waals surface area (Å²) < 4.78 is 12.4. The topological polar surface area (TPSA) is 52.1 Å². The second-order valence-electron chi connectivity index (χ2n) is 11.1. The summed E-state index contributed by atoms with van der Waals surface area (Å²) >= 11 is 0. The maximum Gasteiger partial charge on any atom is 0.135 e. The van der Waals surface area contributed by atoms with Gasteiger partial charge in [0.25, 0.3) is 0 Å². The molecule has 206 valence electrons. The average Bonchev–Trinajstić information content (AvgIpc) is 3.65. The first-order valence-electron chi connectivity index (χ1n) is 14.6. The Morgan fingerprint density at radius 3 is 1.11 bits per heavy atom. The fraction of sp³-hybridized carbons (Fsp3) is 0. The number of furan rings is 2. The molecule has 0 bridgehead atoms. The fourth-order valence-corrected chi connectivity index (χ4v) is 6.18. The predicted octanol–water partition coefficient (Wildman–Crippen LogP) is 10.9. The van der Waals surface area contributed by atoms with E-state index in [1.807, 2.05) is 60.9 Å². The molecule has 4 heteroatoms. The zero-order valence-electron chi connectivity index (χ0n) is 23.6. The molecule has 9 aromatic rings. The lowest BCUT2D eigenvalue weighted by Gasteiger charge is -2.07. The summed E-state index contributed by atoms with van der Waals surface area (Å²) in [5.74, 6) is 0. The first-order chi connectivity index (χ1) is 21.8. The van der Waals surface area contributed by atoms with E-state index >= 15 is 0 Å². The van der Waals surface area contributed by atoms with E-state index in [2.05, 4.69) is 94.9 Å². The van der Waals surface area contributed by atoms with E-state index in [0.29, 0.717) is 0 Å². The van der Waals surface area contributed by atoms with Gasteiger partial charge in [0.1, 0.15) is 22.3 Å². The molecule has 0 saturated heterocycles. The van der Waals surface area contributed by atoms with Gasteiger partial charge in [0.05, 0.1) is 11.4 Å². The molecule has 5 aromatic carbocycles. The highest BCUT2D eigenvalue weighted by Crippen LogP contribution is 2.37. The number of hydrogen-bond acceptors (Lipinski definition) is 4. The largest absolute Gasteiger partial charge is 0.456 e. The maximum absolute atomic E-state index is 6.20. The van der Waals surface area contributed by atoms with Crippen molar-refractivity contribution in [1.82, 2.24) is 9.97 Å². The third-order valence-corrected chi connectivity index (χ3v) is 8.39. The van der Waals surface area contributed by atoms with E-state index < -0.39 is 0 Å². The fourth-order valence-electron chi connectivity index (χ4n) is 6.18. The van der Waals surface area contributed by atoms with E-state index in [4.69, 9.17) is 8.83 Å². The van der Waals surface area contributed by atoms with Gasteiger partial charge in [-0.15, -0.1) is 0 Å². The minimum absolute atomic E-state index is 0.873. The molecule has 9 rings (SSSR count). The summed E-state index contributed by atoms with van der Waals surface area (Å²) in [5, 5.41) is 4.36. The van der Waals surface area contributed by atoms with Crippen LogP contribution in [0.1, 0.15) is 0 Å². The number of pyridine rings is 2. The highest BCUT2D eigenvalue weighted by atomic mass is 16.3. The van der Waals surface area contributed by atoms with Crippen LogP contribution >= 0.6 is 0 Å². The third kappa shape index (κ3) is 4.08. The van der Waals surface area contributed by atoms with Gasteiger partial charge in [-0.3, -0.25) is 9.97 Å². The SMILES string of the molecule is c1ccc(-c2ccc3oc4ccc(-c5cccc(-c6ccc7oc8ccc(-c9ccccn9)cc8c7c6)c5)cc4c3c2)nc1. The van der Waals surface area contributed by atoms with Crippen molar-refractivity contribution in [1.29, 1.82) is 0 Å². The van der Waals surface area contributed by atoms with Gasteiger partial charge in [-0.05, 0) is 113 Å². The molecule has 0 aliphatic heterocycles. The van der Waals surface area contributed by atoms with E-state index in [1.54, 1.807) is 0 Å². The first kappa shape index (κ1) is 24.6. The lowest BCUT2D eigenvalue weighted by Crippen LogP contribution is -1.83. The summed E-state index contributed by atoms with van der Waals surface area (Å²) in [5.41, 5.74) is 12.1. The van der Waals surface area contributed by atoms with Crippen LogP contribution < -0.4 is 0 Å². The van der Waals surface area contributed by atoms with Gasteiger partial charge in [-0.25, -0.2) is 0 Å². The van der Waals surface area contributed by atoms with E-state index in [-0.39, 0.29) is 0 Å². The summed E-state index contributed by atoms with van der Waals surface area (Å²) in [6, 6.07) is 46.1. The zero-order chi connectivity index (χ0) is 29.0. The van der Waals surface area contributed by atoms with Crippen LogP contribution in [-0.4, -0.2) is 9.97 Å². The Morgan fingerprint density at radius 1 is 0.318 bits per heavy atom. The third-order valence-electron chi connectivity index (χ3n) is 8.39. The highest BCUT2D eigenvalue weighted by Gasteiger charge is 2.13. The molecule has 0 aliphatic carbocycles. The molecule has 0 fully saturated rings. The van der Waals surface area contributed by atoms with Crippen LogP contribution in [0.3, 0.4) is 0 Å². The van der Waals surface area contributed by atoms with E-state index in [1.165, 1.54) is 0 Å². The van der Waals surface area contributed by atoms with Gasteiger partial charge < -0.3 is 8.83 Å². The standard InChI is InChI=1S/C40H24N2O2/c1-3-18-41-35(8-1)29-12-16-39-33(23-29)31-21-27(10-14-37(31)43-39)25-6-5-7-26(20-25)28-11-15-38-32(22-28)34-24-30(13-17-40(34)44-38)36-9-2-4-19-42-36/h1-24H. The first-order valence-corrected chi connectivity index (χ1v) is 14.6.